The van der Waals surface area contributed by atoms with Crippen LogP contribution in [-0.2, 0) is 17.9 Å². The number of benzene rings is 2. The summed E-state index contributed by atoms with van der Waals surface area (Å²) in [5, 5.41) is 11.0. The van der Waals surface area contributed by atoms with E-state index in [2.05, 4.69) is 15.6 Å². The number of nitrogens with one attached hydrogen (secondary N) is 1. The molecule has 30 heavy (non-hydrogen) atoms. The fraction of sp³-hybridized carbons (Fsp3) is 0.286. The smallest absolute Gasteiger partial charge is 0.278 e. The number of rotatable bonds is 6. The lowest BCUT2D eigenvalue weighted by atomic mass is 10.1. The molecule has 1 aliphatic heterocycles. The van der Waals surface area contributed by atoms with Gasteiger partial charge in [0.2, 0.25) is 0 Å². The number of carbonyl (C=O) groups is 1. The third kappa shape index (κ3) is 3.92. The molecule has 4 rings (SSSR count). The number of anilines is 1. The Morgan fingerprint density at radius 2 is 1.70 bits per heavy atom. The minimum absolute atomic E-state index is 0.177. The van der Waals surface area contributed by atoms with Crippen LogP contribution in [0, 0.1) is 0 Å². The molecule has 0 aliphatic carbocycles. The molecular weight excluding hydrogens is 388 g/mol. The van der Waals surface area contributed by atoms with Crippen LogP contribution in [-0.4, -0.2) is 42.2 Å². The molecule has 0 radical (unpaired) electrons. The van der Waals surface area contributed by atoms with Crippen LogP contribution in [0.2, 0.25) is 0 Å². The quantitative estimate of drug-likeness (QED) is 0.667. The highest BCUT2D eigenvalue weighted by Crippen LogP contribution is 2.29. The van der Waals surface area contributed by atoms with Crippen molar-refractivity contribution in [3.63, 3.8) is 0 Å². The van der Waals surface area contributed by atoms with E-state index in [-0.39, 0.29) is 24.3 Å². The van der Waals surface area contributed by atoms with Crippen molar-refractivity contribution < 1.29 is 23.7 Å². The Morgan fingerprint density at radius 3 is 2.33 bits per heavy atom. The zero-order valence-corrected chi connectivity index (χ0v) is 16.9. The average molecular weight is 410 g/mol. The number of carbonyl (C=O) groups excluding carboxylic acids is 1. The molecule has 2 heterocycles. The Hall–Kier alpha value is -3.59. The molecule has 0 saturated carbocycles. The van der Waals surface area contributed by atoms with E-state index in [0.29, 0.717) is 29.4 Å². The van der Waals surface area contributed by atoms with Crippen LogP contribution >= 0.6 is 0 Å². The Morgan fingerprint density at radius 1 is 1.03 bits per heavy atom. The molecule has 0 bridgehead atoms. The molecule has 0 saturated heterocycles. The van der Waals surface area contributed by atoms with Crippen molar-refractivity contribution in [2.45, 2.75) is 19.3 Å². The maximum Gasteiger partial charge on any atom is 0.278 e. The molecule has 0 spiro atoms. The Kier molecular flexibility index (Phi) is 5.53. The lowest BCUT2D eigenvalue weighted by Gasteiger charge is -2.24. The van der Waals surface area contributed by atoms with Gasteiger partial charge < -0.3 is 24.3 Å². The van der Waals surface area contributed by atoms with Crippen LogP contribution in [0.1, 0.15) is 27.8 Å². The second kappa shape index (κ2) is 8.42. The van der Waals surface area contributed by atoms with Crippen LogP contribution in [0.3, 0.4) is 0 Å². The summed E-state index contributed by atoms with van der Waals surface area (Å²) in [7, 11) is 4.72. The largest absolute Gasteiger partial charge is 0.497 e. The van der Waals surface area contributed by atoms with E-state index in [1.165, 1.54) is 0 Å². The van der Waals surface area contributed by atoms with Crippen LogP contribution in [0.5, 0.6) is 17.2 Å². The lowest BCUT2D eigenvalue weighted by molar-refractivity contribution is -0.00173. The van der Waals surface area contributed by atoms with Gasteiger partial charge in [-0.3, -0.25) is 4.79 Å². The van der Waals surface area contributed by atoms with E-state index in [9.17, 15) is 4.79 Å². The van der Waals surface area contributed by atoms with Gasteiger partial charge >= 0.3 is 0 Å². The van der Waals surface area contributed by atoms with Crippen molar-refractivity contribution in [1.82, 2.24) is 15.0 Å². The van der Waals surface area contributed by atoms with Crippen LogP contribution in [0.25, 0.3) is 0 Å². The first-order valence-corrected chi connectivity index (χ1v) is 9.33. The zero-order valence-electron chi connectivity index (χ0n) is 16.9. The van der Waals surface area contributed by atoms with Crippen molar-refractivity contribution in [2.24, 2.45) is 0 Å². The first-order chi connectivity index (χ1) is 14.6. The molecule has 9 nitrogen and oxygen atoms in total. The van der Waals surface area contributed by atoms with Gasteiger partial charge in [-0.05, 0) is 17.7 Å². The molecule has 1 N–H and O–H groups in total. The average Bonchev–Trinajstić information content (AvgIpc) is 3.22. The standard InChI is InChI=1S/C21H22N4O5/c1-27-15-6-4-13(5-7-15)19-11-25-18(12-30-19)20(23-24-25)21(26)22-14-8-16(28-2)10-17(9-14)29-3/h4-10,19H,11-12H2,1-3H3,(H,22,26). The highest BCUT2D eigenvalue weighted by Gasteiger charge is 2.28. The van der Waals surface area contributed by atoms with Crippen LogP contribution < -0.4 is 19.5 Å². The fourth-order valence-electron chi connectivity index (χ4n) is 3.28. The lowest BCUT2D eigenvalue weighted by Crippen LogP contribution is -2.24. The monoisotopic (exact) mass is 410 g/mol. The summed E-state index contributed by atoms with van der Waals surface area (Å²) in [6, 6.07) is 12.8. The topological polar surface area (TPSA) is 96.7 Å². The summed E-state index contributed by atoms with van der Waals surface area (Å²) >= 11 is 0. The van der Waals surface area contributed by atoms with Gasteiger partial charge in [-0.1, -0.05) is 17.3 Å². The van der Waals surface area contributed by atoms with Crippen molar-refractivity contribution in [3.8, 4) is 17.2 Å². The third-order valence-corrected chi connectivity index (χ3v) is 4.91. The Bertz CT molecular complexity index is 1030. The number of aromatic nitrogens is 3. The molecule has 1 aromatic heterocycles. The predicted octanol–water partition coefficient (Wildman–Crippen LogP) is 2.83. The minimum Gasteiger partial charge on any atom is -0.497 e. The van der Waals surface area contributed by atoms with Crippen molar-refractivity contribution in [2.75, 3.05) is 26.6 Å². The van der Waals surface area contributed by atoms with E-state index in [1.54, 1.807) is 44.2 Å². The van der Waals surface area contributed by atoms with Gasteiger partial charge in [0.25, 0.3) is 5.91 Å². The second-order valence-electron chi connectivity index (χ2n) is 6.70. The summed E-state index contributed by atoms with van der Waals surface area (Å²) < 4.78 is 23.3. The summed E-state index contributed by atoms with van der Waals surface area (Å²) in [6.45, 7) is 0.697. The van der Waals surface area contributed by atoms with Gasteiger partial charge in [-0.2, -0.15) is 0 Å². The maximum atomic E-state index is 12.8. The molecule has 1 atom stereocenters. The van der Waals surface area contributed by atoms with Crippen LogP contribution in [0.4, 0.5) is 5.69 Å². The number of fused-ring (bicyclic) bond motifs is 1. The first-order valence-electron chi connectivity index (χ1n) is 9.33. The van der Waals surface area contributed by atoms with Gasteiger partial charge in [0, 0.05) is 23.9 Å². The molecule has 0 fully saturated rings. The number of hydrogen-bond donors (Lipinski definition) is 1. The Balaban J connectivity index is 1.50. The van der Waals surface area contributed by atoms with Crippen molar-refractivity contribution in [1.29, 1.82) is 0 Å². The van der Waals surface area contributed by atoms with Gasteiger partial charge in [0.1, 0.15) is 23.4 Å². The van der Waals surface area contributed by atoms with Crippen LogP contribution in [0.15, 0.2) is 42.5 Å². The number of hydrogen-bond acceptors (Lipinski definition) is 7. The summed E-state index contributed by atoms with van der Waals surface area (Å²) in [6.07, 6.45) is -0.177. The van der Waals surface area contributed by atoms with Crippen molar-refractivity contribution in [3.05, 3.63) is 59.4 Å². The normalized spacial score (nSPS) is 15.2. The fourth-order valence-corrected chi connectivity index (χ4v) is 3.28. The van der Waals surface area contributed by atoms with E-state index in [0.717, 1.165) is 11.3 Å². The third-order valence-electron chi connectivity index (χ3n) is 4.91. The molecule has 3 aromatic rings. The summed E-state index contributed by atoms with van der Waals surface area (Å²) in [5.74, 6) is 1.54. The van der Waals surface area contributed by atoms with Gasteiger partial charge in [-0.25, -0.2) is 4.68 Å². The highest BCUT2D eigenvalue weighted by atomic mass is 16.5. The number of ether oxygens (including phenoxy) is 4. The van der Waals surface area contributed by atoms with E-state index in [1.807, 2.05) is 24.3 Å². The predicted molar refractivity (Wildman–Crippen MR) is 108 cm³/mol. The SMILES string of the molecule is COc1ccc(C2Cn3nnc(C(=O)Nc4cc(OC)cc(OC)c4)c3CO2)cc1. The second-order valence-corrected chi connectivity index (χ2v) is 6.70. The molecule has 1 amide bonds. The Labute approximate surface area is 173 Å². The molecule has 1 unspecified atom stereocenters. The summed E-state index contributed by atoms with van der Waals surface area (Å²) in [5.41, 5.74) is 2.40. The summed E-state index contributed by atoms with van der Waals surface area (Å²) in [4.78, 5) is 12.8. The molecule has 9 heteroatoms. The number of methoxy groups -OCH3 is 3. The number of nitrogens with zero attached hydrogens (tertiary/aromatic N) is 3. The minimum atomic E-state index is -0.377. The van der Waals surface area contributed by atoms with Gasteiger partial charge in [0.05, 0.1) is 40.2 Å². The molecular formula is C21H22N4O5. The van der Waals surface area contributed by atoms with Gasteiger partial charge in [-0.15, -0.1) is 5.10 Å². The molecule has 2 aromatic carbocycles. The van der Waals surface area contributed by atoms with E-state index in [4.69, 9.17) is 18.9 Å². The van der Waals surface area contributed by atoms with Crippen molar-refractivity contribution >= 4 is 11.6 Å². The number of amides is 1. The maximum absolute atomic E-state index is 12.8. The van der Waals surface area contributed by atoms with E-state index < -0.39 is 0 Å². The molecule has 156 valence electrons. The zero-order chi connectivity index (χ0) is 21.1. The molecule has 1 aliphatic rings. The van der Waals surface area contributed by atoms with Gasteiger partial charge in [0.15, 0.2) is 5.69 Å². The van der Waals surface area contributed by atoms with E-state index >= 15 is 0 Å². The highest BCUT2D eigenvalue weighted by molar-refractivity contribution is 6.03. The first kappa shape index (κ1) is 19.7.